The molecule has 136 valence electrons. The van der Waals surface area contributed by atoms with E-state index in [0.717, 1.165) is 12.8 Å². The van der Waals surface area contributed by atoms with E-state index in [0.29, 0.717) is 19.0 Å². The Balaban J connectivity index is 2.26. The molecule has 2 aromatic rings. The molecule has 0 bridgehead atoms. The number of rotatable bonds is 9. The first kappa shape index (κ1) is 18.6. The summed E-state index contributed by atoms with van der Waals surface area (Å²) in [6, 6.07) is 4.79. The summed E-state index contributed by atoms with van der Waals surface area (Å²) < 4.78 is 21.0. The predicted molar refractivity (Wildman–Crippen MR) is 91.3 cm³/mol. The second-order valence-electron chi connectivity index (χ2n) is 5.30. The van der Waals surface area contributed by atoms with Gasteiger partial charge in [-0.3, -0.25) is 4.79 Å². The Morgan fingerprint density at radius 1 is 1.20 bits per heavy atom. The van der Waals surface area contributed by atoms with E-state index in [-0.39, 0.29) is 41.5 Å². The predicted octanol–water partition coefficient (Wildman–Crippen LogP) is 3.01. The number of carbonyl (C=O) groups excluding carboxylic acids is 1. The summed E-state index contributed by atoms with van der Waals surface area (Å²) >= 11 is 0. The quantitative estimate of drug-likeness (QED) is 0.422. The number of hydrogen-bond acceptors (Lipinski definition) is 7. The highest BCUT2D eigenvalue weighted by molar-refractivity contribution is 5.91. The van der Waals surface area contributed by atoms with E-state index in [1.165, 1.54) is 0 Å². The van der Waals surface area contributed by atoms with Crippen LogP contribution in [-0.2, 0) is 9.53 Å². The van der Waals surface area contributed by atoms with Crippen LogP contribution in [-0.4, -0.2) is 30.9 Å². The van der Waals surface area contributed by atoms with Gasteiger partial charge in [-0.2, -0.15) is 0 Å². The molecule has 1 heterocycles. The monoisotopic (exact) mass is 350 g/mol. The molecular formula is C18H22O7. The molecule has 0 unspecified atom stereocenters. The summed E-state index contributed by atoms with van der Waals surface area (Å²) in [5.74, 6) is -0.637. The molecule has 1 aromatic heterocycles. The molecule has 0 atom stereocenters. The minimum absolute atomic E-state index is 0.0711. The van der Waals surface area contributed by atoms with Crippen molar-refractivity contribution in [1.29, 1.82) is 0 Å². The average Bonchev–Trinajstić information content (AvgIpc) is 2.58. The average molecular weight is 350 g/mol. The Bertz CT molecular complexity index is 779. The summed E-state index contributed by atoms with van der Waals surface area (Å²) in [4.78, 5) is 23.4. The number of ether oxygens (including phenoxy) is 3. The Hall–Kier alpha value is -2.70. The lowest BCUT2D eigenvalue weighted by atomic mass is 10.2. The van der Waals surface area contributed by atoms with Gasteiger partial charge >= 0.3 is 11.6 Å². The van der Waals surface area contributed by atoms with Gasteiger partial charge in [0.1, 0.15) is 16.7 Å². The van der Waals surface area contributed by atoms with E-state index in [2.05, 4.69) is 0 Å². The van der Waals surface area contributed by atoms with E-state index in [1.807, 2.05) is 6.92 Å². The lowest BCUT2D eigenvalue weighted by molar-refractivity contribution is -0.143. The van der Waals surface area contributed by atoms with Gasteiger partial charge in [-0.1, -0.05) is 19.4 Å². The van der Waals surface area contributed by atoms with E-state index >= 15 is 0 Å². The van der Waals surface area contributed by atoms with Crippen LogP contribution >= 0.6 is 0 Å². The Kier molecular flexibility index (Phi) is 6.68. The van der Waals surface area contributed by atoms with Gasteiger partial charge in [0, 0.05) is 0 Å². The summed E-state index contributed by atoms with van der Waals surface area (Å²) in [5.41, 5.74) is -0.566. The number of esters is 1. The molecule has 1 N–H and O–H groups in total. The second kappa shape index (κ2) is 8.96. The van der Waals surface area contributed by atoms with Gasteiger partial charge in [-0.05, 0) is 25.5 Å². The lowest BCUT2D eigenvalue weighted by Gasteiger charge is -2.12. The third kappa shape index (κ3) is 4.65. The fraction of sp³-hybridized carbons (Fsp3) is 0.444. The largest absolute Gasteiger partial charge is 0.503 e. The SMILES string of the molecule is CCCCOc1c(O)c2c(OCCC(=O)OCC)cccc2oc1=O. The number of hydrogen-bond donors (Lipinski definition) is 1. The van der Waals surface area contributed by atoms with E-state index in [9.17, 15) is 14.7 Å². The van der Waals surface area contributed by atoms with Crippen molar-refractivity contribution in [3.8, 4) is 17.2 Å². The molecule has 7 heteroatoms. The second-order valence-corrected chi connectivity index (χ2v) is 5.30. The zero-order valence-corrected chi connectivity index (χ0v) is 14.4. The minimum Gasteiger partial charge on any atom is -0.503 e. The maximum absolute atomic E-state index is 12.0. The number of fused-ring (bicyclic) bond motifs is 1. The molecule has 0 amide bonds. The van der Waals surface area contributed by atoms with Gasteiger partial charge in [-0.25, -0.2) is 4.79 Å². The van der Waals surface area contributed by atoms with E-state index in [4.69, 9.17) is 18.6 Å². The van der Waals surface area contributed by atoms with Crippen molar-refractivity contribution in [3.63, 3.8) is 0 Å². The van der Waals surface area contributed by atoms with Crippen molar-refractivity contribution in [2.24, 2.45) is 0 Å². The maximum atomic E-state index is 12.0. The molecule has 25 heavy (non-hydrogen) atoms. The summed E-state index contributed by atoms with van der Waals surface area (Å²) in [6.45, 7) is 4.39. The smallest absolute Gasteiger partial charge is 0.383 e. The fourth-order valence-corrected chi connectivity index (χ4v) is 2.23. The molecule has 0 aliphatic carbocycles. The van der Waals surface area contributed by atoms with Gasteiger partial charge in [-0.15, -0.1) is 0 Å². The minimum atomic E-state index is -0.746. The topological polar surface area (TPSA) is 95.2 Å². The van der Waals surface area contributed by atoms with Crippen molar-refractivity contribution in [2.45, 2.75) is 33.1 Å². The highest BCUT2D eigenvalue weighted by Gasteiger charge is 2.19. The molecule has 0 aliphatic heterocycles. The van der Waals surface area contributed by atoms with E-state index < -0.39 is 5.63 Å². The van der Waals surface area contributed by atoms with Gasteiger partial charge in [0.2, 0.25) is 5.75 Å². The van der Waals surface area contributed by atoms with Crippen molar-refractivity contribution < 1.29 is 28.5 Å². The van der Waals surface area contributed by atoms with Crippen LogP contribution in [0.5, 0.6) is 17.2 Å². The fourth-order valence-electron chi connectivity index (χ4n) is 2.23. The first-order valence-electron chi connectivity index (χ1n) is 8.28. The van der Waals surface area contributed by atoms with Crippen LogP contribution in [0.4, 0.5) is 0 Å². The Morgan fingerprint density at radius 3 is 2.72 bits per heavy atom. The zero-order valence-electron chi connectivity index (χ0n) is 14.4. The molecule has 0 spiro atoms. The molecule has 0 radical (unpaired) electrons. The van der Waals surface area contributed by atoms with Crippen molar-refractivity contribution in [2.75, 3.05) is 19.8 Å². The highest BCUT2D eigenvalue weighted by Crippen LogP contribution is 2.37. The molecule has 0 saturated carbocycles. The molecule has 2 rings (SSSR count). The van der Waals surface area contributed by atoms with Gasteiger partial charge in [0.15, 0.2) is 5.75 Å². The normalized spacial score (nSPS) is 10.6. The third-order valence-electron chi connectivity index (χ3n) is 3.44. The van der Waals surface area contributed by atoms with Crippen LogP contribution in [0.3, 0.4) is 0 Å². The number of benzene rings is 1. The number of carbonyl (C=O) groups is 1. The van der Waals surface area contributed by atoms with Crippen molar-refractivity contribution in [1.82, 2.24) is 0 Å². The van der Waals surface area contributed by atoms with Crippen LogP contribution in [0, 0.1) is 0 Å². The first-order valence-corrected chi connectivity index (χ1v) is 8.28. The van der Waals surface area contributed by atoms with Gasteiger partial charge < -0.3 is 23.7 Å². The molecule has 0 fully saturated rings. The number of unbranched alkanes of at least 4 members (excludes halogenated alkanes) is 1. The Labute approximate surface area is 145 Å². The van der Waals surface area contributed by atoms with Gasteiger partial charge in [0.25, 0.3) is 0 Å². The molecule has 0 saturated heterocycles. The van der Waals surface area contributed by atoms with E-state index in [1.54, 1.807) is 25.1 Å². The molecule has 0 aliphatic rings. The van der Waals surface area contributed by atoms with Crippen molar-refractivity contribution in [3.05, 3.63) is 28.6 Å². The lowest BCUT2D eigenvalue weighted by Crippen LogP contribution is -2.11. The van der Waals surface area contributed by atoms with Crippen LogP contribution in [0.2, 0.25) is 0 Å². The summed E-state index contributed by atoms with van der Waals surface area (Å²) in [5, 5.41) is 10.7. The summed E-state index contributed by atoms with van der Waals surface area (Å²) in [7, 11) is 0. The van der Waals surface area contributed by atoms with Crippen LogP contribution in [0.15, 0.2) is 27.4 Å². The highest BCUT2D eigenvalue weighted by atomic mass is 16.5. The van der Waals surface area contributed by atoms with Gasteiger partial charge in [0.05, 0.1) is 26.2 Å². The summed E-state index contributed by atoms with van der Waals surface area (Å²) in [6.07, 6.45) is 1.71. The van der Waals surface area contributed by atoms with Crippen LogP contribution in [0.1, 0.15) is 33.1 Å². The number of aromatic hydroxyl groups is 1. The molecule has 7 nitrogen and oxygen atoms in total. The molecule has 1 aromatic carbocycles. The maximum Gasteiger partial charge on any atom is 0.383 e. The zero-order chi connectivity index (χ0) is 18.2. The van der Waals surface area contributed by atoms with Crippen LogP contribution < -0.4 is 15.1 Å². The standard InChI is InChI=1S/C18H22O7/c1-3-5-10-24-17-16(20)15-12(23-11-9-14(19)22-4-2)7-6-8-13(15)25-18(17)21/h6-8,20H,3-5,9-11H2,1-2H3. The third-order valence-corrected chi connectivity index (χ3v) is 3.44. The van der Waals surface area contributed by atoms with Crippen LogP contribution in [0.25, 0.3) is 11.0 Å². The molecular weight excluding hydrogens is 328 g/mol. The van der Waals surface area contributed by atoms with Crippen molar-refractivity contribution >= 4 is 16.9 Å². The Morgan fingerprint density at radius 2 is 2.00 bits per heavy atom. The first-order chi connectivity index (χ1) is 12.1.